The Hall–Kier alpha value is -0.220. The molecule has 0 aromatic carbocycles. The second kappa shape index (κ2) is 22.3. The molecule has 0 saturated carbocycles. The van der Waals surface area contributed by atoms with Gasteiger partial charge in [0, 0.05) is 13.2 Å². The number of hydrogen-bond donors (Lipinski definition) is 0. The summed E-state index contributed by atoms with van der Waals surface area (Å²) in [6.07, 6.45) is 23.0. The predicted molar refractivity (Wildman–Crippen MR) is 136 cm³/mol. The summed E-state index contributed by atoms with van der Waals surface area (Å²) in [6, 6.07) is 0. The first-order valence-corrected chi connectivity index (χ1v) is 16.6. The van der Waals surface area contributed by atoms with Crippen LogP contribution in [0.5, 0.6) is 0 Å². The van der Waals surface area contributed by atoms with E-state index in [0.717, 1.165) is 77.1 Å². The maximum atomic E-state index is 10.8. The highest BCUT2D eigenvalue weighted by Gasteiger charge is 2.01. The highest BCUT2D eigenvalue weighted by molar-refractivity contribution is 7.86. The minimum Gasteiger partial charge on any atom is -0.381 e. The average molecular weight is 515 g/mol. The van der Waals surface area contributed by atoms with Gasteiger partial charge in [0.1, 0.15) is 0 Å². The molecule has 0 bridgehead atoms. The zero-order valence-electron chi connectivity index (χ0n) is 21.2. The molecule has 0 amide bonds. The van der Waals surface area contributed by atoms with E-state index in [-0.39, 0.29) is 0 Å². The van der Waals surface area contributed by atoms with Crippen LogP contribution in [0.15, 0.2) is 0 Å². The van der Waals surface area contributed by atoms with Gasteiger partial charge in [0.2, 0.25) is 0 Å². The van der Waals surface area contributed by atoms with E-state index in [9.17, 15) is 16.8 Å². The summed E-state index contributed by atoms with van der Waals surface area (Å²) in [5.74, 6) is 0. The monoisotopic (exact) mass is 514 g/mol. The van der Waals surface area contributed by atoms with E-state index in [1.54, 1.807) is 0 Å². The van der Waals surface area contributed by atoms with Gasteiger partial charge in [-0.3, -0.25) is 8.37 Å². The molecule has 0 heterocycles. The van der Waals surface area contributed by atoms with Crippen molar-refractivity contribution in [1.82, 2.24) is 0 Å². The highest BCUT2D eigenvalue weighted by atomic mass is 32.2. The summed E-state index contributed by atoms with van der Waals surface area (Å²) in [5, 5.41) is 0. The van der Waals surface area contributed by atoms with E-state index in [2.05, 4.69) is 0 Å². The van der Waals surface area contributed by atoms with Crippen LogP contribution in [0.1, 0.15) is 116 Å². The van der Waals surface area contributed by atoms with Gasteiger partial charge in [-0.2, -0.15) is 16.8 Å². The van der Waals surface area contributed by atoms with Gasteiger partial charge in [0.15, 0.2) is 0 Å². The minimum absolute atomic E-state index is 0.313. The van der Waals surface area contributed by atoms with Gasteiger partial charge in [-0.25, -0.2) is 0 Å². The maximum Gasteiger partial charge on any atom is 0.264 e. The smallest absolute Gasteiger partial charge is 0.264 e. The van der Waals surface area contributed by atoms with Crippen LogP contribution in [0.3, 0.4) is 0 Å². The third kappa shape index (κ3) is 31.8. The SMILES string of the molecule is CS(=O)(=O)OCCCCCCCCCCCOCCCCCCCCCCCOS(C)(=O)=O. The second-order valence-corrected chi connectivity index (χ2v) is 12.3. The zero-order valence-corrected chi connectivity index (χ0v) is 22.9. The van der Waals surface area contributed by atoms with Crippen LogP contribution >= 0.6 is 0 Å². The Kier molecular flexibility index (Phi) is 22.1. The first-order valence-electron chi connectivity index (χ1n) is 13.0. The molecule has 9 heteroatoms. The summed E-state index contributed by atoms with van der Waals surface area (Å²) in [7, 11) is -6.56. The lowest BCUT2D eigenvalue weighted by Crippen LogP contribution is -2.03. The van der Waals surface area contributed by atoms with E-state index in [0.29, 0.717) is 13.2 Å². The molecule has 0 aromatic rings. The molecule has 0 fully saturated rings. The minimum atomic E-state index is -3.28. The molecule has 7 nitrogen and oxygen atoms in total. The van der Waals surface area contributed by atoms with Crippen LogP contribution < -0.4 is 0 Å². The lowest BCUT2D eigenvalue weighted by molar-refractivity contribution is 0.125. The number of hydrogen-bond acceptors (Lipinski definition) is 7. The summed E-state index contributed by atoms with van der Waals surface area (Å²) in [6.45, 7) is 2.38. The third-order valence-electron chi connectivity index (χ3n) is 5.46. The van der Waals surface area contributed by atoms with Crippen molar-refractivity contribution in [3.63, 3.8) is 0 Å². The molecule has 0 rings (SSSR count). The van der Waals surface area contributed by atoms with Crippen molar-refractivity contribution < 1.29 is 29.9 Å². The van der Waals surface area contributed by atoms with Crippen molar-refractivity contribution >= 4 is 20.2 Å². The first kappa shape index (κ1) is 32.8. The van der Waals surface area contributed by atoms with Crippen LogP contribution in [-0.2, 0) is 33.3 Å². The van der Waals surface area contributed by atoms with Gasteiger partial charge in [-0.05, 0) is 25.7 Å². The fourth-order valence-corrected chi connectivity index (χ4v) is 4.45. The summed E-state index contributed by atoms with van der Waals surface area (Å²) >= 11 is 0. The van der Waals surface area contributed by atoms with Gasteiger partial charge in [-0.1, -0.05) is 89.9 Å². The van der Waals surface area contributed by atoms with Gasteiger partial charge < -0.3 is 4.74 Å². The van der Waals surface area contributed by atoms with Crippen molar-refractivity contribution in [2.75, 3.05) is 38.9 Å². The van der Waals surface area contributed by atoms with Crippen LogP contribution in [0.2, 0.25) is 0 Å². The quantitative estimate of drug-likeness (QED) is 0.103. The fourth-order valence-electron chi connectivity index (χ4n) is 3.61. The second-order valence-electron chi connectivity index (χ2n) is 9.03. The molecule has 0 unspecified atom stereocenters. The Morgan fingerprint density at radius 2 is 0.576 bits per heavy atom. The highest BCUT2D eigenvalue weighted by Crippen LogP contribution is 2.12. The van der Waals surface area contributed by atoms with Crippen molar-refractivity contribution in [3.05, 3.63) is 0 Å². The van der Waals surface area contributed by atoms with E-state index >= 15 is 0 Å². The first-order chi connectivity index (χ1) is 15.7. The number of rotatable bonds is 26. The van der Waals surface area contributed by atoms with Crippen LogP contribution in [0.4, 0.5) is 0 Å². The lowest BCUT2D eigenvalue weighted by atomic mass is 10.1. The molecule has 0 atom stereocenters. The van der Waals surface area contributed by atoms with Crippen molar-refractivity contribution in [2.45, 2.75) is 116 Å². The van der Waals surface area contributed by atoms with Crippen LogP contribution in [0.25, 0.3) is 0 Å². The van der Waals surface area contributed by atoms with Gasteiger partial charge in [0.25, 0.3) is 20.2 Å². The van der Waals surface area contributed by atoms with E-state index in [1.165, 1.54) is 64.2 Å². The molecular formula is C24H50O7S2. The van der Waals surface area contributed by atoms with Gasteiger partial charge >= 0.3 is 0 Å². The summed E-state index contributed by atoms with van der Waals surface area (Å²) in [4.78, 5) is 0. The fraction of sp³-hybridized carbons (Fsp3) is 1.00. The third-order valence-corrected chi connectivity index (χ3v) is 6.65. The van der Waals surface area contributed by atoms with Crippen molar-refractivity contribution in [3.8, 4) is 0 Å². The number of unbranched alkanes of at least 4 members (excludes halogenated alkanes) is 16. The van der Waals surface area contributed by atoms with Gasteiger partial charge in [-0.15, -0.1) is 0 Å². The molecule has 0 aliphatic rings. The molecule has 0 aliphatic carbocycles. The molecule has 0 spiro atoms. The largest absolute Gasteiger partial charge is 0.381 e. The predicted octanol–water partition coefficient (Wildman–Crippen LogP) is 5.98. The van der Waals surface area contributed by atoms with Crippen molar-refractivity contribution in [1.29, 1.82) is 0 Å². The molecular weight excluding hydrogens is 464 g/mol. The van der Waals surface area contributed by atoms with E-state index in [1.807, 2.05) is 0 Å². The molecule has 200 valence electrons. The number of ether oxygens (including phenoxy) is 1. The topological polar surface area (TPSA) is 96.0 Å². The standard InChI is InChI=1S/C24H50O7S2/c1-32(25,26)30-23-19-15-11-7-3-5-9-13-17-21-29-22-18-14-10-6-4-8-12-16-20-24-31-33(2,27)28/h3-24H2,1-2H3. The van der Waals surface area contributed by atoms with Crippen molar-refractivity contribution in [2.24, 2.45) is 0 Å². The normalized spacial score (nSPS) is 12.4. The molecule has 0 N–H and O–H groups in total. The maximum absolute atomic E-state index is 10.8. The van der Waals surface area contributed by atoms with E-state index in [4.69, 9.17) is 13.1 Å². The van der Waals surface area contributed by atoms with E-state index < -0.39 is 20.2 Å². The Balaban J connectivity index is 3.09. The zero-order chi connectivity index (χ0) is 24.7. The average Bonchev–Trinajstić information content (AvgIpc) is 2.72. The van der Waals surface area contributed by atoms with Crippen LogP contribution in [0, 0.1) is 0 Å². The summed E-state index contributed by atoms with van der Waals surface area (Å²) in [5.41, 5.74) is 0. The molecule has 33 heavy (non-hydrogen) atoms. The summed E-state index contributed by atoms with van der Waals surface area (Å²) < 4.78 is 58.5. The molecule has 0 aromatic heterocycles. The molecule has 0 aliphatic heterocycles. The Labute approximate surface area is 204 Å². The Bertz CT molecular complexity index is 565. The Morgan fingerprint density at radius 1 is 0.364 bits per heavy atom. The lowest BCUT2D eigenvalue weighted by Gasteiger charge is -2.05. The van der Waals surface area contributed by atoms with Gasteiger partial charge in [0.05, 0.1) is 25.7 Å². The van der Waals surface area contributed by atoms with Crippen LogP contribution in [-0.4, -0.2) is 55.8 Å². The molecule has 0 saturated heterocycles. The molecule has 0 radical (unpaired) electrons. The Morgan fingerprint density at radius 3 is 0.818 bits per heavy atom.